The van der Waals surface area contributed by atoms with Gasteiger partial charge in [-0.1, -0.05) is 23.7 Å². The van der Waals surface area contributed by atoms with E-state index in [1.165, 1.54) is 18.2 Å². The summed E-state index contributed by atoms with van der Waals surface area (Å²) in [5, 5.41) is 0.590. The minimum absolute atomic E-state index is 0.188. The molecule has 0 N–H and O–H groups in total. The molecular weight excluding hydrogens is 379 g/mol. The van der Waals surface area contributed by atoms with E-state index in [9.17, 15) is 9.18 Å². The maximum atomic E-state index is 13.0. The molecule has 0 saturated heterocycles. The van der Waals surface area contributed by atoms with Gasteiger partial charge in [0.25, 0.3) is 0 Å². The van der Waals surface area contributed by atoms with E-state index in [0.717, 1.165) is 5.56 Å². The van der Waals surface area contributed by atoms with Crippen LogP contribution in [0.5, 0.6) is 0 Å². The van der Waals surface area contributed by atoms with Crippen LogP contribution >= 0.6 is 11.6 Å². The lowest BCUT2D eigenvalue weighted by Crippen LogP contribution is -1.90. The molecule has 138 valence electrons. The van der Waals surface area contributed by atoms with E-state index in [2.05, 4.69) is 0 Å². The van der Waals surface area contributed by atoms with E-state index >= 15 is 0 Å². The number of halogens is 2. The van der Waals surface area contributed by atoms with Crippen molar-refractivity contribution in [1.29, 1.82) is 0 Å². The zero-order chi connectivity index (χ0) is 19.5. The van der Waals surface area contributed by atoms with Crippen LogP contribution in [-0.4, -0.2) is 5.78 Å². The van der Waals surface area contributed by atoms with E-state index in [4.69, 9.17) is 20.4 Å². The highest BCUT2D eigenvalue weighted by Gasteiger charge is 2.11. The van der Waals surface area contributed by atoms with Gasteiger partial charge in [-0.05, 0) is 72.8 Å². The van der Waals surface area contributed by atoms with Gasteiger partial charge in [0.1, 0.15) is 23.1 Å². The SMILES string of the molecule is O=C(C=Cc1ccc(-c2ccccc2Cl)o1)c1ccc(-c2ccc(F)cc2)o1. The van der Waals surface area contributed by atoms with E-state index in [0.29, 0.717) is 27.9 Å². The summed E-state index contributed by atoms with van der Waals surface area (Å²) in [7, 11) is 0. The van der Waals surface area contributed by atoms with Gasteiger partial charge >= 0.3 is 0 Å². The van der Waals surface area contributed by atoms with Gasteiger partial charge in [0, 0.05) is 11.1 Å². The first-order chi connectivity index (χ1) is 13.6. The molecule has 0 fully saturated rings. The number of furan rings is 2. The predicted molar refractivity (Wildman–Crippen MR) is 107 cm³/mol. The largest absolute Gasteiger partial charge is 0.457 e. The molecule has 4 rings (SSSR count). The number of carbonyl (C=O) groups is 1. The molecule has 0 saturated carbocycles. The Labute approximate surface area is 165 Å². The number of benzene rings is 2. The van der Waals surface area contributed by atoms with E-state index < -0.39 is 0 Å². The average molecular weight is 393 g/mol. The van der Waals surface area contributed by atoms with Gasteiger partial charge < -0.3 is 8.83 Å². The number of hydrogen-bond donors (Lipinski definition) is 0. The fraction of sp³-hybridized carbons (Fsp3) is 0. The lowest BCUT2D eigenvalue weighted by molar-refractivity contribution is 0.102. The fourth-order valence-electron chi connectivity index (χ4n) is 2.73. The smallest absolute Gasteiger partial charge is 0.221 e. The maximum Gasteiger partial charge on any atom is 0.221 e. The van der Waals surface area contributed by atoms with Crippen molar-refractivity contribution in [2.75, 3.05) is 0 Å². The minimum atomic E-state index is -0.329. The van der Waals surface area contributed by atoms with Gasteiger partial charge in [0.05, 0.1) is 5.02 Å². The van der Waals surface area contributed by atoms with Gasteiger partial charge in [-0.15, -0.1) is 0 Å². The van der Waals surface area contributed by atoms with Gasteiger partial charge in [-0.25, -0.2) is 4.39 Å². The summed E-state index contributed by atoms with van der Waals surface area (Å²) in [5.41, 5.74) is 1.48. The number of hydrogen-bond acceptors (Lipinski definition) is 3. The number of carbonyl (C=O) groups excluding carboxylic acids is 1. The Morgan fingerprint density at radius 3 is 2.39 bits per heavy atom. The monoisotopic (exact) mass is 392 g/mol. The second kappa shape index (κ2) is 7.71. The first kappa shape index (κ1) is 18.0. The van der Waals surface area contributed by atoms with Crippen LogP contribution in [0.3, 0.4) is 0 Å². The van der Waals surface area contributed by atoms with Crippen LogP contribution in [0.4, 0.5) is 4.39 Å². The van der Waals surface area contributed by atoms with Gasteiger partial charge in [-0.3, -0.25) is 4.79 Å². The number of allylic oxidation sites excluding steroid dienone is 1. The first-order valence-electron chi connectivity index (χ1n) is 8.53. The molecule has 3 nitrogen and oxygen atoms in total. The lowest BCUT2D eigenvalue weighted by atomic mass is 10.2. The highest BCUT2D eigenvalue weighted by Crippen LogP contribution is 2.29. The molecule has 0 atom stereocenters. The van der Waals surface area contributed by atoms with Crippen molar-refractivity contribution in [3.8, 4) is 22.6 Å². The summed E-state index contributed by atoms with van der Waals surface area (Å²) >= 11 is 6.17. The summed E-state index contributed by atoms with van der Waals surface area (Å²) < 4.78 is 24.3. The third kappa shape index (κ3) is 3.82. The molecule has 2 aromatic heterocycles. The molecule has 0 bridgehead atoms. The van der Waals surface area contributed by atoms with Crippen molar-refractivity contribution in [1.82, 2.24) is 0 Å². The van der Waals surface area contributed by atoms with Crippen LogP contribution in [0, 0.1) is 5.82 Å². The molecular formula is C23H14ClFO3. The van der Waals surface area contributed by atoms with E-state index in [1.807, 2.05) is 18.2 Å². The molecule has 0 aliphatic rings. The van der Waals surface area contributed by atoms with Crippen LogP contribution in [0.1, 0.15) is 16.3 Å². The molecule has 28 heavy (non-hydrogen) atoms. The standard InChI is InChI=1S/C23H14ClFO3/c24-19-4-2-1-3-18(19)22-12-10-17(27-22)9-11-20(26)23-14-13-21(28-23)15-5-7-16(25)8-6-15/h1-14H. The molecule has 2 heterocycles. The quantitative estimate of drug-likeness (QED) is 0.274. The van der Waals surface area contributed by atoms with Crippen molar-refractivity contribution in [2.24, 2.45) is 0 Å². The normalized spacial score (nSPS) is 11.2. The second-order valence-electron chi connectivity index (χ2n) is 6.05. The minimum Gasteiger partial charge on any atom is -0.457 e. The summed E-state index contributed by atoms with van der Waals surface area (Å²) in [6, 6.07) is 20.1. The lowest BCUT2D eigenvalue weighted by Gasteiger charge is -1.98. The van der Waals surface area contributed by atoms with E-state index in [-0.39, 0.29) is 17.4 Å². The van der Waals surface area contributed by atoms with Crippen LogP contribution in [0.25, 0.3) is 28.7 Å². The maximum absolute atomic E-state index is 13.0. The Kier molecular flexibility index (Phi) is 4.96. The predicted octanol–water partition coefficient (Wildman–Crippen LogP) is 6.90. The summed E-state index contributed by atoms with van der Waals surface area (Å²) in [5.74, 6) is 1.19. The Hall–Kier alpha value is -3.37. The van der Waals surface area contributed by atoms with Gasteiger partial charge in [0.2, 0.25) is 5.78 Å². The highest BCUT2D eigenvalue weighted by molar-refractivity contribution is 6.33. The summed E-state index contributed by atoms with van der Waals surface area (Å²) in [6.45, 7) is 0. The van der Waals surface area contributed by atoms with Crippen LogP contribution in [-0.2, 0) is 0 Å². The zero-order valence-electron chi connectivity index (χ0n) is 14.6. The van der Waals surface area contributed by atoms with E-state index in [1.54, 1.807) is 48.5 Å². The van der Waals surface area contributed by atoms with Crippen molar-refractivity contribution in [3.63, 3.8) is 0 Å². The van der Waals surface area contributed by atoms with Gasteiger partial charge in [-0.2, -0.15) is 0 Å². The summed E-state index contributed by atoms with van der Waals surface area (Å²) in [6.07, 6.45) is 2.95. The van der Waals surface area contributed by atoms with Crippen molar-refractivity contribution in [2.45, 2.75) is 0 Å². The Balaban J connectivity index is 1.49. The molecule has 0 unspecified atom stereocenters. The third-order valence-corrected chi connectivity index (χ3v) is 4.47. The molecule has 5 heteroatoms. The van der Waals surface area contributed by atoms with Crippen molar-refractivity contribution >= 4 is 23.5 Å². The molecule has 2 aromatic carbocycles. The summed E-state index contributed by atoms with van der Waals surface area (Å²) in [4.78, 5) is 12.3. The number of ketones is 1. The third-order valence-electron chi connectivity index (χ3n) is 4.14. The molecule has 4 aromatic rings. The van der Waals surface area contributed by atoms with Crippen LogP contribution < -0.4 is 0 Å². The van der Waals surface area contributed by atoms with Crippen LogP contribution in [0.2, 0.25) is 5.02 Å². The Morgan fingerprint density at radius 2 is 1.61 bits per heavy atom. The molecule has 0 radical (unpaired) electrons. The topological polar surface area (TPSA) is 43.4 Å². The molecule has 0 amide bonds. The van der Waals surface area contributed by atoms with Crippen molar-refractivity contribution in [3.05, 3.63) is 101 Å². The Bertz CT molecular complexity index is 1150. The van der Waals surface area contributed by atoms with Crippen molar-refractivity contribution < 1.29 is 18.0 Å². The first-order valence-corrected chi connectivity index (χ1v) is 8.91. The Morgan fingerprint density at radius 1 is 0.857 bits per heavy atom. The molecule has 0 spiro atoms. The number of rotatable bonds is 5. The highest BCUT2D eigenvalue weighted by atomic mass is 35.5. The zero-order valence-corrected chi connectivity index (χ0v) is 15.3. The molecule has 0 aliphatic carbocycles. The average Bonchev–Trinajstić information content (AvgIpc) is 3.37. The fourth-order valence-corrected chi connectivity index (χ4v) is 2.96. The molecule has 0 aliphatic heterocycles. The van der Waals surface area contributed by atoms with Gasteiger partial charge in [0.15, 0.2) is 5.76 Å². The second-order valence-corrected chi connectivity index (χ2v) is 6.46. The van der Waals surface area contributed by atoms with Crippen LogP contribution in [0.15, 0.2) is 87.7 Å².